The molecular weight excluding hydrogens is 592 g/mol. The lowest BCUT2D eigenvalue weighted by molar-refractivity contribution is -0.542. The third-order valence-corrected chi connectivity index (χ3v) is 7.11. The van der Waals surface area contributed by atoms with Crippen LogP contribution in [0.3, 0.4) is 0 Å². The van der Waals surface area contributed by atoms with Gasteiger partial charge in [-0.25, -0.2) is 0 Å². The van der Waals surface area contributed by atoms with Gasteiger partial charge < -0.3 is 52.8 Å². The summed E-state index contributed by atoms with van der Waals surface area (Å²) in [6, 6.07) is 0. The van der Waals surface area contributed by atoms with E-state index >= 15 is 0 Å². The Bertz CT molecular complexity index is 775. The largest absolute Gasteiger partial charge is 0.481 e. The average molecular weight is 655 g/mol. The van der Waals surface area contributed by atoms with Gasteiger partial charge in [0.25, 0.3) is 5.79 Å². The van der Waals surface area contributed by atoms with E-state index in [0.717, 1.165) is 25.7 Å². The van der Waals surface area contributed by atoms with Crippen LogP contribution in [0.5, 0.6) is 0 Å². The zero-order valence-electron chi connectivity index (χ0n) is 29.3. The summed E-state index contributed by atoms with van der Waals surface area (Å²) in [5.41, 5.74) is -2.84. The zero-order valence-corrected chi connectivity index (χ0v) is 29.3. The number of unbranched alkanes of at least 4 members (excludes halogenated alkanes) is 4. The fourth-order valence-corrected chi connectivity index (χ4v) is 5.56. The Morgan fingerprint density at radius 2 is 1.02 bits per heavy atom. The molecule has 0 heterocycles. The third kappa shape index (κ3) is 10.3. The molecule has 0 aromatic heterocycles. The van der Waals surface area contributed by atoms with Gasteiger partial charge in [0.1, 0.15) is 0 Å². The van der Waals surface area contributed by atoms with E-state index in [1.54, 1.807) is 48.5 Å². The van der Waals surface area contributed by atoms with Crippen molar-refractivity contribution in [1.82, 2.24) is 0 Å². The second kappa shape index (κ2) is 23.0. The van der Waals surface area contributed by atoms with Crippen molar-refractivity contribution < 1.29 is 62.4 Å². The van der Waals surface area contributed by atoms with Crippen molar-refractivity contribution in [2.24, 2.45) is 5.41 Å². The molecule has 0 radical (unpaired) electrons. The predicted octanol–water partition coefficient (Wildman–Crippen LogP) is 5.57. The molecule has 0 aliphatic rings. The van der Waals surface area contributed by atoms with Crippen molar-refractivity contribution in [2.45, 2.75) is 131 Å². The van der Waals surface area contributed by atoms with E-state index < -0.39 is 47.6 Å². The smallest absolute Gasteiger partial charge is 0.342 e. The second-order valence-corrected chi connectivity index (χ2v) is 10.1. The summed E-state index contributed by atoms with van der Waals surface area (Å²) < 4.78 is 56.5. The molecule has 2 N–H and O–H groups in total. The maximum atomic E-state index is 14.2. The fraction of sp³-hybridized carbons (Fsp3) is 0.938. The Balaban J connectivity index is 8.48. The highest BCUT2D eigenvalue weighted by atomic mass is 16.9. The lowest BCUT2D eigenvalue weighted by Gasteiger charge is -2.59. The van der Waals surface area contributed by atoms with Gasteiger partial charge in [0.2, 0.25) is 12.1 Å². The first kappa shape index (κ1) is 43.6. The lowest BCUT2D eigenvalue weighted by atomic mass is 9.66. The van der Waals surface area contributed by atoms with Crippen LogP contribution in [0.25, 0.3) is 0 Å². The maximum absolute atomic E-state index is 14.2. The Hall–Kier alpha value is -1.42. The van der Waals surface area contributed by atoms with Crippen LogP contribution < -0.4 is 0 Å². The summed E-state index contributed by atoms with van der Waals surface area (Å²) in [7, 11) is 0. The normalized spacial score (nSPS) is 14.8. The Morgan fingerprint density at radius 1 is 0.556 bits per heavy atom. The molecule has 0 amide bonds. The highest BCUT2D eigenvalue weighted by Crippen LogP contribution is 2.58. The van der Waals surface area contributed by atoms with Gasteiger partial charge in [-0.2, -0.15) is 0 Å². The van der Waals surface area contributed by atoms with Crippen LogP contribution >= 0.6 is 0 Å². The quantitative estimate of drug-likeness (QED) is 0.0706. The number of carboxylic acids is 2. The molecule has 45 heavy (non-hydrogen) atoms. The van der Waals surface area contributed by atoms with Crippen LogP contribution in [0.4, 0.5) is 0 Å². The van der Waals surface area contributed by atoms with E-state index in [9.17, 15) is 19.8 Å². The predicted molar refractivity (Wildman–Crippen MR) is 167 cm³/mol. The van der Waals surface area contributed by atoms with E-state index in [1.807, 2.05) is 13.8 Å². The standard InChI is InChI=1S/C32H62O13/c1-10-19-21-23-38-28(37-12-3)30(39-13-4,40-14-5)29(27(35)36,25-26(33)34)31(41-15-6,42-16-7)32(43-17-8,44-18-9)45-24-22-20-11-2/h28H,10-25H2,1-9H3,(H,33,34)(H,35,36). The van der Waals surface area contributed by atoms with E-state index in [0.29, 0.717) is 12.8 Å². The minimum atomic E-state index is -2.84. The van der Waals surface area contributed by atoms with Gasteiger partial charge in [0.15, 0.2) is 5.41 Å². The zero-order chi connectivity index (χ0) is 34.4. The minimum absolute atomic E-state index is 0.0445. The van der Waals surface area contributed by atoms with Crippen molar-refractivity contribution in [2.75, 3.05) is 59.5 Å². The number of carbonyl (C=O) groups is 2. The summed E-state index contributed by atoms with van der Waals surface area (Å²) in [5.74, 6) is -10.8. The van der Waals surface area contributed by atoms with Gasteiger partial charge >= 0.3 is 17.9 Å². The average Bonchev–Trinajstić information content (AvgIpc) is 2.99. The summed E-state index contributed by atoms with van der Waals surface area (Å²) >= 11 is 0. The van der Waals surface area contributed by atoms with E-state index in [-0.39, 0.29) is 59.5 Å². The van der Waals surface area contributed by atoms with Crippen LogP contribution in [0.15, 0.2) is 0 Å². The van der Waals surface area contributed by atoms with Crippen molar-refractivity contribution in [3.05, 3.63) is 0 Å². The number of carboxylic acid groups (broad SMARTS) is 2. The van der Waals surface area contributed by atoms with Gasteiger partial charge in [0.05, 0.1) is 13.0 Å². The Morgan fingerprint density at radius 3 is 1.40 bits per heavy atom. The van der Waals surface area contributed by atoms with Crippen molar-refractivity contribution in [3.63, 3.8) is 0 Å². The number of rotatable bonds is 31. The van der Waals surface area contributed by atoms with Crippen molar-refractivity contribution in [3.8, 4) is 0 Å². The summed E-state index contributed by atoms with van der Waals surface area (Å²) in [6.07, 6.45) is 1.89. The molecule has 0 bridgehead atoms. The number of hydrogen-bond acceptors (Lipinski definition) is 11. The van der Waals surface area contributed by atoms with Gasteiger partial charge in [-0.05, 0) is 61.3 Å². The number of hydrogen-bond donors (Lipinski definition) is 2. The number of aliphatic carboxylic acids is 2. The fourth-order valence-electron chi connectivity index (χ4n) is 5.56. The van der Waals surface area contributed by atoms with Crippen molar-refractivity contribution in [1.29, 1.82) is 0 Å². The minimum Gasteiger partial charge on any atom is -0.481 e. The van der Waals surface area contributed by atoms with Gasteiger partial charge in [-0.15, -0.1) is 0 Å². The highest BCUT2D eigenvalue weighted by molar-refractivity contribution is 5.84. The van der Waals surface area contributed by atoms with Gasteiger partial charge in [-0.3, -0.25) is 9.59 Å². The van der Waals surface area contributed by atoms with Crippen LogP contribution in [0.1, 0.15) is 107 Å². The third-order valence-electron chi connectivity index (χ3n) is 7.11. The molecule has 2 atom stereocenters. The molecule has 13 nitrogen and oxygen atoms in total. The molecule has 0 spiro atoms. The second-order valence-electron chi connectivity index (χ2n) is 10.1. The Kier molecular flexibility index (Phi) is 22.3. The molecule has 2 unspecified atom stereocenters. The maximum Gasteiger partial charge on any atom is 0.342 e. The summed E-state index contributed by atoms with van der Waals surface area (Å²) in [6.45, 7) is 15.2. The molecule has 0 aliphatic carbocycles. The number of ether oxygens (including phenoxy) is 9. The summed E-state index contributed by atoms with van der Waals surface area (Å²) in [5, 5.41) is 22.1. The molecule has 268 valence electrons. The topological polar surface area (TPSA) is 158 Å². The van der Waals surface area contributed by atoms with Crippen LogP contribution in [-0.2, 0) is 52.2 Å². The van der Waals surface area contributed by atoms with E-state index in [2.05, 4.69) is 0 Å². The monoisotopic (exact) mass is 654 g/mol. The first-order valence-electron chi connectivity index (χ1n) is 16.7. The molecule has 0 fully saturated rings. The molecule has 0 saturated carbocycles. The van der Waals surface area contributed by atoms with E-state index in [4.69, 9.17) is 42.6 Å². The molecule has 0 aromatic rings. The van der Waals surface area contributed by atoms with Crippen molar-refractivity contribution >= 4 is 11.9 Å². The molecule has 0 aliphatic heterocycles. The first-order valence-corrected chi connectivity index (χ1v) is 16.7. The molecule has 0 aromatic carbocycles. The highest BCUT2D eigenvalue weighted by Gasteiger charge is 2.83. The van der Waals surface area contributed by atoms with Gasteiger partial charge in [0, 0.05) is 52.9 Å². The molecular formula is C32H62O13. The van der Waals surface area contributed by atoms with Crippen LogP contribution in [0.2, 0.25) is 0 Å². The first-order chi connectivity index (χ1) is 21.6. The van der Waals surface area contributed by atoms with Crippen LogP contribution in [-0.4, -0.2) is 105 Å². The lowest BCUT2D eigenvalue weighted by Crippen LogP contribution is -2.81. The molecule has 0 saturated heterocycles. The van der Waals surface area contributed by atoms with Crippen LogP contribution in [0, 0.1) is 5.41 Å². The van der Waals surface area contributed by atoms with Gasteiger partial charge in [-0.1, -0.05) is 39.5 Å². The molecule has 13 heteroatoms. The SMILES string of the molecule is CCCCCOC(OCC)C(OCC)(OCC)C(CC(=O)O)(C(=O)O)C(OCC)(OCC)C(OCC)(OCC)OCCCCC. The summed E-state index contributed by atoms with van der Waals surface area (Å²) in [4.78, 5) is 27.2. The Labute approximate surface area is 270 Å². The molecule has 0 rings (SSSR count). The van der Waals surface area contributed by atoms with E-state index in [1.165, 1.54) is 0 Å².